The largest absolute Gasteiger partial charge is 0.393 e. The molecule has 0 radical (unpaired) electrons. The van der Waals surface area contributed by atoms with Crippen LogP contribution in [0.2, 0.25) is 0 Å². The molecule has 100 valence electrons. The Hall–Kier alpha value is -0.120. The number of likely N-dealkylation sites (tertiary alicyclic amines) is 1. The molecule has 0 atom stereocenters. The zero-order chi connectivity index (χ0) is 11.9. The lowest BCUT2D eigenvalue weighted by atomic mass is 9.87. The Kier molecular flexibility index (Phi) is 5.75. The highest BCUT2D eigenvalue weighted by atomic mass is 16.3. The van der Waals surface area contributed by atoms with Gasteiger partial charge < -0.3 is 15.3 Å². The Morgan fingerprint density at radius 3 is 2.47 bits per heavy atom. The summed E-state index contributed by atoms with van der Waals surface area (Å²) in [6.07, 6.45) is 8.52. The molecular weight excluding hydrogens is 212 g/mol. The Morgan fingerprint density at radius 1 is 1.06 bits per heavy atom. The van der Waals surface area contributed by atoms with Crippen LogP contribution in [0.4, 0.5) is 0 Å². The van der Waals surface area contributed by atoms with Crippen LogP contribution >= 0.6 is 0 Å². The number of hydrogen-bond acceptors (Lipinski definition) is 3. The number of nitrogens with one attached hydrogen (secondary N) is 1. The second-order valence-electron chi connectivity index (χ2n) is 5.78. The molecule has 1 aliphatic heterocycles. The molecule has 2 rings (SSSR count). The Balaban J connectivity index is 1.43. The number of aliphatic hydroxyl groups is 1. The molecule has 1 heterocycles. The third-order valence-electron chi connectivity index (χ3n) is 4.28. The van der Waals surface area contributed by atoms with E-state index >= 15 is 0 Å². The molecule has 0 aromatic rings. The van der Waals surface area contributed by atoms with Gasteiger partial charge in [-0.25, -0.2) is 0 Å². The van der Waals surface area contributed by atoms with E-state index in [0.29, 0.717) is 0 Å². The van der Waals surface area contributed by atoms with Crippen molar-refractivity contribution in [2.24, 2.45) is 5.92 Å². The molecule has 0 unspecified atom stereocenters. The first-order valence-corrected chi connectivity index (χ1v) is 7.46. The fourth-order valence-corrected chi connectivity index (χ4v) is 3.09. The average Bonchev–Trinajstić information content (AvgIpc) is 2.84. The molecule has 0 bridgehead atoms. The van der Waals surface area contributed by atoms with E-state index in [1.165, 1.54) is 51.7 Å². The lowest BCUT2D eigenvalue weighted by Gasteiger charge is -2.25. The zero-order valence-electron chi connectivity index (χ0n) is 11.0. The number of nitrogens with zero attached hydrogens (tertiary/aromatic N) is 1. The van der Waals surface area contributed by atoms with E-state index in [4.69, 9.17) is 0 Å². The van der Waals surface area contributed by atoms with Gasteiger partial charge in [-0.1, -0.05) is 0 Å². The van der Waals surface area contributed by atoms with Crippen LogP contribution in [0.15, 0.2) is 0 Å². The molecule has 0 amide bonds. The van der Waals surface area contributed by atoms with E-state index in [0.717, 1.165) is 31.8 Å². The van der Waals surface area contributed by atoms with E-state index in [2.05, 4.69) is 10.2 Å². The van der Waals surface area contributed by atoms with Gasteiger partial charge in [0.25, 0.3) is 0 Å². The summed E-state index contributed by atoms with van der Waals surface area (Å²) in [6, 6.07) is 0. The predicted molar refractivity (Wildman–Crippen MR) is 71.1 cm³/mol. The van der Waals surface area contributed by atoms with E-state index in [-0.39, 0.29) is 6.10 Å². The lowest BCUT2D eigenvalue weighted by molar-refractivity contribution is 0.108. The Morgan fingerprint density at radius 2 is 1.76 bits per heavy atom. The van der Waals surface area contributed by atoms with Gasteiger partial charge in [0.2, 0.25) is 0 Å². The van der Waals surface area contributed by atoms with Crippen LogP contribution in [-0.2, 0) is 0 Å². The van der Waals surface area contributed by atoms with Crippen molar-refractivity contribution < 1.29 is 5.11 Å². The summed E-state index contributed by atoms with van der Waals surface area (Å²) in [5, 5.41) is 13.0. The maximum absolute atomic E-state index is 9.43. The van der Waals surface area contributed by atoms with Gasteiger partial charge in [-0.15, -0.1) is 0 Å². The van der Waals surface area contributed by atoms with Crippen molar-refractivity contribution in [1.29, 1.82) is 0 Å². The number of hydrogen-bond donors (Lipinski definition) is 2. The van der Waals surface area contributed by atoms with Crippen molar-refractivity contribution in [1.82, 2.24) is 10.2 Å². The second kappa shape index (κ2) is 7.34. The van der Waals surface area contributed by atoms with Gasteiger partial charge in [0.05, 0.1) is 6.10 Å². The molecule has 17 heavy (non-hydrogen) atoms. The van der Waals surface area contributed by atoms with Crippen molar-refractivity contribution in [3.63, 3.8) is 0 Å². The van der Waals surface area contributed by atoms with Gasteiger partial charge >= 0.3 is 0 Å². The Bertz CT molecular complexity index is 196. The molecule has 3 heteroatoms. The first kappa shape index (κ1) is 13.3. The predicted octanol–water partition coefficient (Wildman–Crippen LogP) is 1.61. The van der Waals surface area contributed by atoms with Gasteiger partial charge in [0, 0.05) is 0 Å². The average molecular weight is 240 g/mol. The molecule has 1 saturated heterocycles. The van der Waals surface area contributed by atoms with Gasteiger partial charge in [0.1, 0.15) is 0 Å². The standard InChI is InChI=1S/C14H28N2O/c17-14-6-4-13(5-7-14)12-15-8-3-11-16-9-1-2-10-16/h13-15,17H,1-12H2. The fourth-order valence-electron chi connectivity index (χ4n) is 3.09. The highest BCUT2D eigenvalue weighted by Crippen LogP contribution is 2.23. The van der Waals surface area contributed by atoms with Gasteiger partial charge in [-0.2, -0.15) is 0 Å². The van der Waals surface area contributed by atoms with Gasteiger partial charge in [0.15, 0.2) is 0 Å². The maximum atomic E-state index is 9.43. The smallest absolute Gasteiger partial charge is 0.0540 e. The summed E-state index contributed by atoms with van der Waals surface area (Å²) in [5.74, 6) is 0.810. The van der Waals surface area contributed by atoms with Crippen molar-refractivity contribution in [2.75, 3.05) is 32.7 Å². The second-order valence-corrected chi connectivity index (χ2v) is 5.78. The fraction of sp³-hybridized carbons (Fsp3) is 1.00. The summed E-state index contributed by atoms with van der Waals surface area (Å²) in [6.45, 7) is 6.24. The highest BCUT2D eigenvalue weighted by Gasteiger charge is 2.18. The number of aliphatic hydroxyl groups excluding tert-OH is 1. The normalized spacial score (nSPS) is 30.9. The van der Waals surface area contributed by atoms with E-state index < -0.39 is 0 Å². The molecule has 0 spiro atoms. The maximum Gasteiger partial charge on any atom is 0.0540 e. The minimum Gasteiger partial charge on any atom is -0.393 e. The van der Waals surface area contributed by atoms with Gasteiger partial charge in [-0.3, -0.25) is 0 Å². The van der Waals surface area contributed by atoms with Crippen molar-refractivity contribution in [3.05, 3.63) is 0 Å². The Labute approximate surface area is 106 Å². The van der Waals surface area contributed by atoms with E-state index in [1.54, 1.807) is 0 Å². The third-order valence-corrected chi connectivity index (χ3v) is 4.28. The molecule has 2 fully saturated rings. The third kappa shape index (κ3) is 4.94. The number of rotatable bonds is 6. The molecule has 2 N–H and O–H groups in total. The van der Waals surface area contributed by atoms with Crippen LogP contribution in [0.25, 0.3) is 0 Å². The first-order valence-electron chi connectivity index (χ1n) is 7.46. The zero-order valence-corrected chi connectivity index (χ0v) is 11.0. The van der Waals surface area contributed by atoms with E-state index in [9.17, 15) is 5.11 Å². The summed E-state index contributed by atoms with van der Waals surface area (Å²) < 4.78 is 0. The van der Waals surface area contributed by atoms with Crippen molar-refractivity contribution in [3.8, 4) is 0 Å². The van der Waals surface area contributed by atoms with Crippen LogP contribution in [0.3, 0.4) is 0 Å². The molecule has 1 saturated carbocycles. The summed E-state index contributed by atoms with van der Waals surface area (Å²) in [4.78, 5) is 2.58. The quantitative estimate of drug-likeness (QED) is 0.693. The molecule has 1 aliphatic carbocycles. The van der Waals surface area contributed by atoms with E-state index in [1.807, 2.05) is 0 Å². The van der Waals surface area contributed by atoms with Crippen LogP contribution in [0.1, 0.15) is 44.9 Å². The molecule has 2 aliphatic rings. The summed E-state index contributed by atoms with van der Waals surface area (Å²) in [7, 11) is 0. The van der Waals surface area contributed by atoms with Gasteiger partial charge in [-0.05, 0) is 83.6 Å². The highest BCUT2D eigenvalue weighted by molar-refractivity contribution is 4.73. The molecule has 0 aromatic carbocycles. The topological polar surface area (TPSA) is 35.5 Å². The molecule has 0 aromatic heterocycles. The summed E-state index contributed by atoms with van der Waals surface area (Å²) >= 11 is 0. The summed E-state index contributed by atoms with van der Waals surface area (Å²) in [5.41, 5.74) is 0. The van der Waals surface area contributed by atoms with Crippen LogP contribution in [0.5, 0.6) is 0 Å². The van der Waals surface area contributed by atoms with Crippen LogP contribution < -0.4 is 5.32 Å². The first-order chi connectivity index (χ1) is 8.34. The van der Waals surface area contributed by atoms with Crippen LogP contribution in [-0.4, -0.2) is 48.8 Å². The van der Waals surface area contributed by atoms with Crippen molar-refractivity contribution in [2.45, 2.75) is 51.0 Å². The van der Waals surface area contributed by atoms with Crippen LogP contribution in [0, 0.1) is 5.92 Å². The minimum absolute atomic E-state index is 0.0126. The monoisotopic (exact) mass is 240 g/mol. The van der Waals surface area contributed by atoms with Crippen molar-refractivity contribution >= 4 is 0 Å². The molecular formula is C14H28N2O. The minimum atomic E-state index is -0.0126. The molecule has 3 nitrogen and oxygen atoms in total. The lowest BCUT2D eigenvalue weighted by Crippen LogP contribution is -2.30. The SMILES string of the molecule is OC1CCC(CNCCCN2CCCC2)CC1.